The minimum Gasteiger partial charge on any atom is -0.487 e. The number of fused-ring (bicyclic) bond motifs is 1. The Hall–Kier alpha value is -2.44. The topological polar surface area (TPSA) is 60.6 Å². The molecule has 4 N–H and O–H groups in total. The van der Waals surface area contributed by atoms with Crippen molar-refractivity contribution in [3.05, 3.63) is 58.5 Å². The molecule has 0 saturated carbocycles. The number of aryl methyl sites for hydroxylation is 1. The first kappa shape index (κ1) is 22.7. The smallest absolute Gasteiger partial charge is 0.145 e. The Labute approximate surface area is 193 Å². The Kier molecular flexibility index (Phi) is 7.43. The lowest BCUT2D eigenvalue weighted by molar-refractivity contribution is 0.113. The van der Waals surface area contributed by atoms with Crippen LogP contribution in [0.1, 0.15) is 36.8 Å². The number of likely N-dealkylation sites (tertiary alicyclic amines) is 1. The molecule has 0 radical (unpaired) electrons. The van der Waals surface area contributed by atoms with Gasteiger partial charge in [-0.05, 0) is 98.1 Å². The number of allylic oxidation sites excluding steroid dienone is 3. The zero-order valence-electron chi connectivity index (χ0n) is 20.1. The van der Waals surface area contributed by atoms with E-state index in [4.69, 9.17) is 4.74 Å². The molecular formula is C26H39N5O. The van der Waals surface area contributed by atoms with Gasteiger partial charge in [0.15, 0.2) is 0 Å². The van der Waals surface area contributed by atoms with Gasteiger partial charge in [-0.3, -0.25) is 4.90 Å². The van der Waals surface area contributed by atoms with Gasteiger partial charge in [0.2, 0.25) is 0 Å². The zero-order chi connectivity index (χ0) is 22.5. The fourth-order valence-electron chi connectivity index (χ4n) is 5.06. The van der Waals surface area contributed by atoms with E-state index in [2.05, 4.69) is 58.2 Å². The van der Waals surface area contributed by atoms with E-state index in [0.29, 0.717) is 12.5 Å². The second-order valence-corrected chi connectivity index (χ2v) is 9.23. The van der Waals surface area contributed by atoms with Crippen LogP contribution in [0.4, 0.5) is 5.69 Å². The lowest BCUT2D eigenvalue weighted by Crippen LogP contribution is -2.58. The monoisotopic (exact) mass is 437 g/mol. The van der Waals surface area contributed by atoms with Crippen LogP contribution in [0.2, 0.25) is 0 Å². The third kappa shape index (κ3) is 4.97. The largest absolute Gasteiger partial charge is 0.487 e. The summed E-state index contributed by atoms with van der Waals surface area (Å²) in [7, 11) is 3.86. The summed E-state index contributed by atoms with van der Waals surface area (Å²) in [6.45, 7) is 10.4. The van der Waals surface area contributed by atoms with Gasteiger partial charge in [-0.2, -0.15) is 0 Å². The van der Waals surface area contributed by atoms with Crippen molar-refractivity contribution in [2.75, 3.05) is 58.7 Å². The Balaban J connectivity index is 1.52. The van der Waals surface area contributed by atoms with E-state index in [1.807, 2.05) is 26.5 Å². The van der Waals surface area contributed by atoms with E-state index in [-0.39, 0.29) is 0 Å². The van der Waals surface area contributed by atoms with Crippen molar-refractivity contribution in [3.8, 4) is 5.75 Å². The molecule has 3 heterocycles. The Morgan fingerprint density at radius 3 is 2.59 bits per heavy atom. The quantitative estimate of drug-likeness (QED) is 0.549. The molecule has 3 aliphatic rings. The number of ether oxygens (including phenoxy) is 1. The number of benzene rings is 1. The second-order valence-electron chi connectivity index (χ2n) is 9.23. The van der Waals surface area contributed by atoms with Gasteiger partial charge in [0.05, 0.1) is 5.69 Å². The van der Waals surface area contributed by atoms with E-state index in [9.17, 15) is 0 Å². The average Bonchev–Trinajstić information content (AvgIpc) is 2.97. The second kappa shape index (κ2) is 10.5. The van der Waals surface area contributed by atoms with E-state index >= 15 is 0 Å². The van der Waals surface area contributed by atoms with Crippen LogP contribution < -0.4 is 26.0 Å². The predicted molar refractivity (Wildman–Crippen MR) is 133 cm³/mol. The summed E-state index contributed by atoms with van der Waals surface area (Å²) in [5.41, 5.74) is 7.46. The molecule has 0 bridgehead atoms. The Morgan fingerprint density at radius 1 is 1.16 bits per heavy atom. The van der Waals surface area contributed by atoms with Crippen molar-refractivity contribution in [1.29, 1.82) is 0 Å². The first-order valence-corrected chi connectivity index (χ1v) is 12.0. The SMILES string of the molecule is CN\C=C/C(=C1\CNc2cc(C3CCN(C4CNC4)CC3)cc(C)c2OC1)C(/C)=C/NC. The average molecular weight is 438 g/mol. The molecule has 0 atom stereocenters. The number of hydrogen-bond donors (Lipinski definition) is 4. The maximum absolute atomic E-state index is 6.36. The molecule has 0 aromatic heterocycles. The molecule has 2 saturated heterocycles. The molecule has 174 valence electrons. The molecule has 4 rings (SSSR count). The molecule has 2 fully saturated rings. The Bertz CT molecular complexity index is 892. The van der Waals surface area contributed by atoms with Gasteiger partial charge in [-0.25, -0.2) is 0 Å². The van der Waals surface area contributed by atoms with Gasteiger partial charge in [0.1, 0.15) is 12.4 Å². The molecule has 3 aliphatic heterocycles. The normalized spacial score (nSPS) is 22.4. The number of piperidine rings is 1. The van der Waals surface area contributed by atoms with Crippen LogP contribution in [0.25, 0.3) is 0 Å². The maximum atomic E-state index is 6.36. The van der Waals surface area contributed by atoms with Gasteiger partial charge in [0.25, 0.3) is 0 Å². The van der Waals surface area contributed by atoms with Gasteiger partial charge in [-0.1, -0.05) is 6.07 Å². The van der Waals surface area contributed by atoms with Gasteiger partial charge in [-0.15, -0.1) is 0 Å². The third-order valence-electron chi connectivity index (χ3n) is 7.04. The Morgan fingerprint density at radius 2 is 1.94 bits per heavy atom. The van der Waals surface area contributed by atoms with Crippen LogP contribution in [-0.2, 0) is 0 Å². The first-order chi connectivity index (χ1) is 15.6. The molecule has 0 amide bonds. The maximum Gasteiger partial charge on any atom is 0.145 e. The minimum absolute atomic E-state index is 0.590. The highest BCUT2D eigenvalue weighted by Gasteiger charge is 2.29. The van der Waals surface area contributed by atoms with E-state index in [0.717, 1.165) is 37.1 Å². The molecule has 6 nitrogen and oxygen atoms in total. The van der Waals surface area contributed by atoms with E-state index < -0.39 is 0 Å². The van der Waals surface area contributed by atoms with Crippen LogP contribution in [0.15, 0.2) is 47.3 Å². The number of rotatable bonds is 6. The molecule has 32 heavy (non-hydrogen) atoms. The van der Waals surface area contributed by atoms with Gasteiger partial charge >= 0.3 is 0 Å². The third-order valence-corrected chi connectivity index (χ3v) is 7.04. The summed E-state index contributed by atoms with van der Waals surface area (Å²) in [6, 6.07) is 5.46. The minimum atomic E-state index is 0.590. The van der Waals surface area contributed by atoms with Crippen molar-refractivity contribution in [3.63, 3.8) is 0 Å². The van der Waals surface area contributed by atoms with Crippen LogP contribution in [0, 0.1) is 6.92 Å². The van der Waals surface area contributed by atoms with Crippen molar-refractivity contribution in [2.24, 2.45) is 0 Å². The highest BCUT2D eigenvalue weighted by Crippen LogP contribution is 2.38. The van der Waals surface area contributed by atoms with Gasteiger partial charge < -0.3 is 26.0 Å². The van der Waals surface area contributed by atoms with Crippen molar-refractivity contribution < 1.29 is 4.74 Å². The van der Waals surface area contributed by atoms with E-state index in [1.165, 1.54) is 53.8 Å². The zero-order valence-corrected chi connectivity index (χ0v) is 20.1. The van der Waals surface area contributed by atoms with Crippen molar-refractivity contribution in [1.82, 2.24) is 20.9 Å². The number of nitrogens with one attached hydrogen (secondary N) is 4. The molecule has 0 aliphatic carbocycles. The fourth-order valence-corrected chi connectivity index (χ4v) is 5.06. The summed E-state index contributed by atoms with van der Waals surface area (Å²) in [5.74, 6) is 1.63. The van der Waals surface area contributed by atoms with E-state index in [1.54, 1.807) is 0 Å². The summed E-state index contributed by atoms with van der Waals surface area (Å²) in [5, 5.41) is 13.3. The summed E-state index contributed by atoms with van der Waals surface area (Å²) in [4.78, 5) is 2.67. The highest BCUT2D eigenvalue weighted by atomic mass is 16.5. The summed E-state index contributed by atoms with van der Waals surface area (Å²) in [6.07, 6.45) is 8.63. The van der Waals surface area contributed by atoms with Crippen molar-refractivity contribution in [2.45, 2.75) is 38.6 Å². The number of anilines is 1. The predicted octanol–water partition coefficient (Wildman–Crippen LogP) is 3.10. The fraction of sp³-hybridized carbons (Fsp3) is 0.538. The van der Waals surface area contributed by atoms with Crippen molar-refractivity contribution >= 4 is 5.69 Å². The standard InChI is InChI=1S/C26H39N5O/c1-18-11-21(20-6-9-31(10-7-20)23-15-29-16-23)12-25-26(18)32-17-22(14-30-25)24(5-8-27-3)19(2)13-28-4/h5,8,11-13,20,23,27-30H,6-7,9-10,14-17H2,1-4H3/b8-5-,19-13+,24-22-. The lowest BCUT2D eigenvalue weighted by Gasteiger charge is -2.42. The number of nitrogens with zero attached hydrogens (tertiary/aromatic N) is 1. The van der Waals surface area contributed by atoms with Crippen LogP contribution in [0.3, 0.4) is 0 Å². The van der Waals surface area contributed by atoms with Gasteiger partial charge in [0, 0.05) is 39.8 Å². The molecule has 1 aromatic carbocycles. The highest BCUT2D eigenvalue weighted by molar-refractivity contribution is 5.64. The first-order valence-electron chi connectivity index (χ1n) is 12.0. The van der Waals surface area contributed by atoms with Crippen LogP contribution in [-0.4, -0.2) is 64.4 Å². The number of hydrogen-bond acceptors (Lipinski definition) is 6. The summed E-state index contributed by atoms with van der Waals surface area (Å²) < 4.78 is 6.36. The molecule has 0 spiro atoms. The van der Waals surface area contributed by atoms with Crippen LogP contribution >= 0.6 is 0 Å². The lowest BCUT2D eigenvalue weighted by atomic mass is 9.87. The molecular weight excluding hydrogens is 398 g/mol. The molecule has 6 heteroatoms. The van der Waals surface area contributed by atoms with Crippen LogP contribution in [0.5, 0.6) is 5.75 Å². The summed E-state index contributed by atoms with van der Waals surface area (Å²) >= 11 is 0. The molecule has 0 unspecified atom stereocenters. The molecule has 1 aromatic rings.